The number of nitrogens with two attached hydrogens (primary N) is 1. The fourth-order valence-corrected chi connectivity index (χ4v) is 1.78. The number of aliphatic hydroxyl groups is 1. The highest BCUT2D eigenvalue weighted by atomic mass is 16.2. The summed E-state index contributed by atoms with van der Waals surface area (Å²) in [5.74, 6) is 0. The van der Waals surface area contributed by atoms with Crippen LogP contribution in [0, 0.1) is 6.92 Å². The molecule has 0 aliphatic rings. The zero-order chi connectivity index (χ0) is 10.6. The Morgan fingerprint density at radius 2 is 2.14 bits per heavy atom. The topological polar surface area (TPSA) is 46.2 Å². The van der Waals surface area contributed by atoms with Gasteiger partial charge in [-0.1, -0.05) is 18.5 Å². The molecule has 0 fully saturated rings. The first-order chi connectivity index (χ1) is 6.70. The zero-order valence-electron chi connectivity index (χ0n) is 9.01. The van der Waals surface area contributed by atoms with Crippen molar-refractivity contribution in [2.75, 3.05) is 12.3 Å². The molecule has 0 heterocycles. The summed E-state index contributed by atoms with van der Waals surface area (Å²) in [7, 11) is 2.12. The molecule has 0 amide bonds. The minimum Gasteiger partial charge on any atom is -0.398 e. The van der Waals surface area contributed by atoms with Gasteiger partial charge in [-0.3, -0.25) is 0 Å². The summed E-state index contributed by atoms with van der Waals surface area (Å²) in [6, 6.07) is 4.18. The van der Waals surface area contributed by atoms with Crippen LogP contribution in [0.25, 0.3) is 0 Å². The summed E-state index contributed by atoms with van der Waals surface area (Å²) in [6.07, 6.45) is 2.64. The molecule has 1 rings (SSSR count). The van der Waals surface area contributed by atoms with Crippen LogP contribution >= 0.6 is 0 Å². The van der Waals surface area contributed by atoms with E-state index in [1.165, 1.54) is 16.7 Å². The lowest BCUT2D eigenvalue weighted by Crippen LogP contribution is -2.03. The van der Waals surface area contributed by atoms with Gasteiger partial charge >= 0.3 is 0 Å². The van der Waals surface area contributed by atoms with Crippen molar-refractivity contribution in [3.8, 4) is 0 Å². The van der Waals surface area contributed by atoms with Gasteiger partial charge in [-0.2, -0.15) is 0 Å². The molecule has 0 saturated carbocycles. The molecule has 1 aromatic rings. The smallest absolute Gasteiger partial charge is 0.107 e. The fourth-order valence-electron chi connectivity index (χ4n) is 1.78. The molecule has 14 heavy (non-hydrogen) atoms. The largest absolute Gasteiger partial charge is 0.398 e. The average Bonchev–Trinajstić information content (AvgIpc) is 2.18. The van der Waals surface area contributed by atoms with E-state index in [0.29, 0.717) is 0 Å². The SMILES string of the molecule is BCc1c(C)ccc(CCCO)c1N. The summed E-state index contributed by atoms with van der Waals surface area (Å²) in [5, 5.41) is 8.76. The van der Waals surface area contributed by atoms with Gasteiger partial charge in [0.15, 0.2) is 0 Å². The van der Waals surface area contributed by atoms with Crippen molar-refractivity contribution in [1.82, 2.24) is 0 Å². The molecule has 0 saturated heterocycles. The minimum atomic E-state index is 0.231. The molecule has 1 aromatic carbocycles. The second-order valence-electron chi connectivity index (χ2n) is 3.61. The van der Waals surface area contributed by atoms with Crippen molar-refractivity contribution < 1.29 is 5.11 Å². The molecule has 0 bridgehead atoms. The molecule has 0 spiro atoms. The number of rotatable bonds is 4. The van der Waals surface area contributed by atoms with E-state index in [9.17, 15) is 0 Å². The van der Waals surface area contributed by atoms with Gasteiger partial charge in [-0.15, -0.1) is 0 Å². The van der Waals surface area contributed by atoms with Gasteiger partial charge in [0.1, 0.15) is 7.85 Å². The molecule has 0 atom stereocenters. The van der Waals surface area contributed by atoms with Crippen LogP contribution in [0.2, 0.25) is 0 Å². The second kappa shape index (κ2) is 5.06. The van der Waals surface area contributed by atoms with E-state index < -0.39 is 0 Å². The van der Waals surface area contributed by atoms with E-state index in [1.54, 1.807) is 0 Å². The number of nitrogen functional groups attached to an aromatic ring is 1. The Labute approximate surface area is 86.5 Å². The molecule has 3 N–H and O–H groups in total. The predicted molar refractivity (Wildman–Crippen MR) is 63.2 cm³/mol. The van der Waals surface area contributed by atoms with E-state index in [2.05, 4.69) is 26.9 Å². The van der Waals surface area contributed by atoms with Crippen molar-refractivity contribution >= 4 is 13.5 Å². The number of aliphatic hydroxyl groups excluding tert-OH is 1. The highest BCUT2D eigenvalue weighted by Crippen LogP contribution is 2.22. The van der Waals surface area contributed by atoms with Crippen LogP contribution in [0.1, 0.15) is 23.1 Å². The van der Waals surface area contributed by atoms with Gasteiger partial charge in [0.25, 0.3) is 0 Å². The van der Waals surface area contributed by atoms with E-state index in [4.69, 9.17) is 10.8 Å². The second-order valence-corrected chi connectivity index (χ2v) is 3.61. The first kappa shape index (κ1) is 11.1. The van der Waals surface area contributed by atoms with E-state index >= 15 is 0 Å². The van der Waals surface area contributed by atoms with E-state index in [0.717, 1.165) is 24.8 Å². The first-order valence-corrected chi connectivity index (χ1v) is 5.18. The molecule has 3 heteroatoms. The van der Waals surface area contributed by atoms with Crippen molar-refractivity contribution in [2.45, 2.75) is 26.1 Å². The van der Waals surface area contributed by atoms with Gasteiger partial charge in [0.05, 0.1) is 0 Å². The summed E-state index contributed by atoms with van der Waals surface area (Å²) in [6.45, 7) is 2.32. The normalized spacial score (nSPS) is 10.4. The molecule has 2 nitrogen and oxygen atoms in total. The highest BCUT2D eigenvalue weighted by molar-refractivity contribution is 6.09. The Morgan fingerprint density at radius 3 is 2.71 bits per heavy atom. The van der Waals surface area contributed by atoms with Gasteiger partial charge in [0.2, 0.25) is 0 Å². The molecule has 0 aliphatic heterocycles. The van der Waals surface area contributed by atoms with Crippen molar-refractivity contribution in [1.29, 1.82) is 0 Å². The molecule has 76 valence electrons. The highest BCUT2D eigenvalue weighted by Gasteiger charge is 2.05. The van der Waals surface area contributed by atoms with E-state index in [-0.39, 0.29) is 6.61 Å². The third-order valence-corrected chi connectivity index (χ3v) is 2.64. The fraction of sp³-hybridized carbons (Fsp3) is 0.455. The van der Waals surface area contributed by atoms with Crippen molar-refractivity contribution in [3.05, 3.63) is 28.8 Å². The van der Waals surface area contributed by atoms with Gasteiger partial charge in [-0.25, -0.2) is 0 Å². The number of aryl methyl sites for hydroxylation is 2. The lowest BCUT2D eigenvalue weighted by atomic mass is 9.89. The molecule has 0 radical (unpaired) electrons. The maximum atomic E-state index is 8.76. The van der Waals surface area contributed by atoms with Crippen LogP contribution in [0.5, 0.6) is 0 Å². The predicted octanol–water partition coefficient (Wildman–Crippen LogP) is 0.635. The quantitative estimate of drug-likeness (QED) is 0.541. The molecule has 0 unspecified atom stereocenters. The van der Waals surface area contributed by atoms with Crippen molar-refractivity contribution in [2.24, 2.45) is 0 Å². The van der Waals surface area contributed by atoms with Crippen LogP contribution in [0.15, 0.2) is 12.1 Å². The van der Waals surface area contributed by atoms with Crippen LogP contribution in [-0.2, 0) is 12.7 Å². The number of hydrogen-bond acceptors (Lipinski definition) is 2. The monoisotopic (exact) mass is 191 g/mol. The Hall–Kier alpha value is -0.955. The zero-order valence-corrected chi connectivity index (χ0v) is 9.01. The van der Waals surface area contributed by atoms with Crippen molar-refractivity contribution in [3.63, 3.8) is 0 Å². The third kappa shape index (κ3) is 2.29. The summed E-state index contributed by atoms with van der Waals surface area (Å²) in [5.41, 5.74) is 10.7. The molecular formula is C11H18BNO. The van der Waals surface area contributed by atoms with E-state index in [1.807, 2.05) is 0 Å². The molecule has 0 aliphatic carbocycles. The van der Waals surface area contributed by atoms with Crippen LogP contribution in [-0.4, -0.2) is 19.6 Å². The Morgan fingerprint density at radius 1 is 1.43 bits per heavy atom. The van der Waals surface area contributed by atoms with Crippen LogP contribution < -0.4 is 5.73 Å². The minimum absolute atomic E-state index is 0.231. The Kier molecular flexibility index (Phi) is 4.02. The Balaban J connectivity index is 2.96. The number of hydrogen-bond donors (Lipinski definition) is 2. The lowest BCUT2D eigenvalue weighted by molar-refractivity contribution is 0.288. The molecular weight excluding hydrogens is 173 g/mol. The summed E-state index contributed by atoms with van der Waals surface area (Å²) < 4.78 is 0. The van der Waals surface area contributed by atoms with Gasteiger partial charge in [-0.05, 0) is 36.5 Å². The number of benzene rings is 1. The van der Waals surface area contributed by atoms with Crippen LogP contribution in [0.4, 0.5) is 5.69 Å². The molecule has 0 aromatic heterocycles. The summed E-state index contributed by atoms with van der Waals surface area (Å²) >= 11 is 0. The first-order valence-electron chi connectivity index (χ1n) is 5.18. The standard InChI is InChI=1S/C11H18BNO/c1-8-4-5-9(3-2-6-14)11(13)10(8)7-12/h4-5,14H,2-3,6-7,12-13H2,1H3. The van der Waals surface area contributed by atoms with Crippen LogP contribution in [0.3, 0.4) is 0 Å². The van der Waals surface area contributed by atoms with Gasteiger partial charge < -0.3 is 10.8 Å². The summed E-state index contributed by atoms with van der Waals surface area (Å²) in [4.78, 5) is 0. The average molecular weight is 191 g/mol. The third-order valence-electron chi connectivity index (χ3n) is 2.64. The van der Waals surface area contributed by atoms with Gasteiger partial charge in [0, 0.05) is 12.3 Å². The Bertz CT molecular complexity index is 312. The maximum Gasteiger partial charge on any atom is 0.107 e. The maximum absolute atomic E-state index is 8.76. The lowest BCUT2D eigenvalue weighted by Gasteiger charge is -2.12. The number of anilines is 1.